The smallest absolute Gasteiger partial charge is 0.162 e. The van der Waals surface area contributed by atoms with Crippen LogP contribution in [0.15, 0.2) is 59.1 Å². The minimum absolute atomic E-state index is 0.706. The average molecular weight is 407 g/mol. The molecule has 26 heavy (non-hydrogen) atoms. The van der Waals surface area contributed by atoms with Crippen LogP contribution < -0.4 is 5.32 Å². The molecule has 2 aromatic carbocycles. The zero-order valence-electron chi connectivity index (χ0n) is 14.7. The number of nitrogens with one attached hydrogen (secondary N) is 2. The number of rotatable bonds is 4. The van der Waals surface area contributed by atoms with Crippen LogP contribution in [-0.4, -0.2) is 15.0 Å². The standard InChI is InChI=1S/C21H19BrN4/c1-3-17-13(2)12-19(23-17)25-21-16-6-4-5-7-18(16)24-20(26-21)14-8-10-15(22)11-9-14/h4-12,23H,3H2,1-2H3,(H,24,25,26). The molecule has 0 aliphatic carbocycles. The van der Waals surface area contributed by atoms with Gasteiger partial charge in [0.1, 0.15) is 11.6 Å². The van der Waals surface area contributed by atoms with Crippen molar-refractivity contribution in [2.24, 2.45) is 0 Å². The predicted octanol–water partition coefficient (Wildman–Crippen LogP) is 6.00. The number of halogens is 1. The minimum Gasteiger partial charge on any atom is -0.345 e. The largest absolute Gasteiger partial charge is 0.345 e. The van der Waals surface area contributed by atoms with E-state index in [-0.39, 0.29) is 0 Å². The normalized spacial score (nSPS) is 11.0. The molecule has 0 aliphatic rings. The van der Waals surface area contributed by atoms with Gasteiger partial charge in [-0.3, -0.25) is 0 Å². The van der Waals surface area contributed by atoms with Crippen LogP contribution in [0.2, 0.25) is 0 Å². The quantitative estimate of drug-likeness (QED) is 0.436. The van der Waals surface area contributed by atoms with Crippen LogP contribution in [0.3, 0.4) is 0 Å². The van der Waals surface area contributed by atoms with Gasteiger partial charge in [-0.25, -0.2) is 9.97 Å². The molecule has 0 bridgehead atoms. The van der Waals surface area contributed by atoms with Gasteiger partial charge in [-0.05, 0) is 49.2 Å². The molecule has 2 heterocycles. The Morgan fingerprint density at radius 1 is 1.04 bits per heavy atom. The molecule has 2 aromatic heterocycles. The van der Waals surface area contributed by atoms with Crippen molar-refractivity contribution in [1.82, 2.24) is 15.0 Å². The lowest BCUT2D eigenvalue weighted by atomic mass is 10.2. The first-order valence-corrected chi connectivity index (χ1v) is 9.41. The Bertz CT molecular complexity index is 1070. The van der Waals surface area contributed by atoms with Gasteiger partial charge < -0.3 is 10.3 Å². The molecule has 0 saturated heterocycles. The zero-order chi connectivity index (χ0) is 18.1. The molecule has 5 heteroatoms. The second kappa shape index (κ2) is 6.92. The highest BCUT2D eigenvalue weighted by atomic mass is 79.9. The third-order valence-corrected chi connectivity index (χ3v) is 4.96. The molecular formula is C21H19BrN4. The fraction of sp³-hybridized carbons (Fsp3) is 0.143. The Morgan fingerprint density at radius 3 is 2.54 bits per heavy atom. The van der Waals surface area contributed by atoms with Crippen molar-refractivity contribution < 1.29 is 0 Å². The van der Waals surface area contributed by atoms with Gasteiger partial charge in [0.2, 0.25) is 0 Å². The molecule has 130 valence electrons. The molecule has 4 aromatic rings. The van der Waals surface area contributed by atoms with Gasteiger partial charge in [-0.2, -0.15) is 0 Å². The molecular weight excluding hydrogens is 388 g/mol. The number of aromatic amines is 1. The minimum atomic E-state index is 0.706. The second-order valence-electron chi connectivity index (χ2n) is 6.24. The van der Waals surface area contributed by atoms with Gasteiger partial charge in [0, 0.05) is 21.1 Å². The van der Waals surface area contributed by atoms with E-state index in [1.54, 1.807) is 0 Å². The van der Waals surface area contributed by atoms with Gasteiger partial charge in [0.15, 0.2) is 5.82 Å². The van der Waals surface area contributed by atoms with Crippen molar-refractivity contribution in [3.05, 3.63) is 70.3 Å². The fourth-order valence-electron chi connectivity index (χ4n) is 3.06. The van der Waals surface area contributed by atoms with E-state index in [4.69, 9.17) is 9.97 Å². The summed E-state index contributed by atoms with van der Waals surface area (Å²) < 4.78 is 1.04. The highest BCUT2D eigenvalue weighted by molar-refractivity contribution is 9.10. The number of aromatic nitrogens is 3. The van der Waals surface area contributed by atoms with Gasteiger partial charge >= 0.3 is 0 Å². The molecule has 0 radical (unpaired) electrons. The number of hydrogen-bond acceptors (Lipinski definition) is 3. The van der Waals surface area contributed by atoms with Crippen LogP contribution in [-0.2, 0) is 6.42 Å². The van der Waals surface area contributed by atoms with Gasteiger partial charge in [-0.1, -0.05) is 47.1 Å². The van der Waals surface area contributed by atoms with Gasteiger partial charge in [0.25, 0.3) is 0 Å². The SMILES string of the molecule is CCc1[nH]c(Nc2nc(-c3ccc(Br)cc3)nc3ccccc23)cc1C. The van der Waals surface area contributed by atoms with E-state index in [9.17, 15) is 0 Å². The van der Waals surface area contributed by atoms with E-state index in [1.165, 1.54) is 11.3 Å². The van der Waals surface area contributed by atoms with E-state index in [2.05, 4.69) is 46.1 Å². The van der Waals surface area contributed by atoms with E-state index in [0.717, 1.165) is 39.0 Å². The van der Waals surface area contributed by atoms with E-state index in [1.807, 2.05) is 48.5 Å². The van der Waals surface area contributed by atoms with Crippen molar-refractivity contribution in [2.45, 2.75) is 20.3 Å². The van der Waals surface area contributed by atoms with Crippen LogP contribution >= 0.6 is 15.9 Å². The van der Waals surface area contributed by atoms with Crippen LogP contribution in [0.5, 0.6) is 0 Å². The molecule has 0 unspecified atom stereocenters. The molecule has 0 atom stereocenters. The van der Waals surface area contributed by atoms with Crippen molar-refractivity contribution >= 4 is 38.5 Å². The number of H-pyrrole nitrogens is 1. The lowest BCUT2D eigenvalue weighted by Gasteiger charge is -2.10. The Hall–Kier alpha value is -2.66. The number of aryl methyl sites for hydroxylation is 2. The molecule has 4 rings (SSSR count). The van der Waals surface area contributed by atoms with Crippen molar-refractivity contribution in [3.8, 4) is 11.4 Å². The number of nitrogens with zero attached hydrogens (tertiary/aromatic N) is 2. The molecule has 0 fully saturated rings. The molecule has 4 nitrogen and oxygen atoms in total. The number of fused-ring (bicyclic) bond motifs is 1. The third-order valence-electron chi connectivity index (χ3n) is 4.43. The first-order valence-electron chi connectivity index (χ1n) is 8.62. The van der Waals surface area contributed by atoms with Gasteiger partial charge in [-0.15, -0.1) is 0 Å². The predicted molar refractivity (Wildman–Crippen MR) is 111 cm³/mol. The summed E-state index contributed by atoms with van der Waals surface area (Å²) in [6, 6.07) is 18.2. The van der Waals surface area contributed by atoms with Crippen LogP contribution in [0.25, 0.3) is 22.3 Å². The van der Waals surface area contributed by atoms with Crippen molar-refractivity contribution in [1.29, 1.82) is 0 Å². The first-order chi connectivity index (χ1) is 12.6. The van der Waals surface area contributed by atoms with E-state index in [0.29, 0.717) is 5.82 Å². The monoisotopic (exact) mass is 406 g/mol. The lowest BCUT2D eigenvalue weighted by Crippen LogP contribution is -1.99. The second-order valence-corrected chi connectivity index (χ2v) is 7.16. The van der Waals surface area contributed by atoms with Crippen molar-refractivity contribution in [3.63, 3.8) is 0 Å². The van der Waals surface area contributed by atoms with Crippen molar-refractivity contribution in [2.75, 3.05) is 5.32 Å². The highest BCUT2D eigenvalue weighted by Crippen LogP contribution is 2.28. The maximum Gasteiger partial charge on any atom is 0.162 e. The first kappa shape index (κ1) is 16.8. The molecule has 0 saturated carbocycles. The molecule has 2 N–H and O–H groups in total. The van der Waals surface area contributed by atoms with Crippen LogP contribution in [0.4, 0.5) is 11.6 Å². The molecule has 0 amide bonds. The maximum atomic E-state index is 4.80. The summed E-state index contributed by atoms with van der Waals surface area (Å²) in [4.78, 5) is 13.0. The molecule has 0 spiro atoms. The number of benzene rings is 2. The zero-order valence-corrected chi connectivity index (χ0v) is 16.3. The number of hydrogen-bond donors (Lipinski definition) is 2. The maximum absolute atomic E-state index is 4.80. The molecule has 0 aliphatic heterocycles. The Labute approximate surface area is 160 Å². The number of para-hydroxylation sites is 1. The summed E-state index contributed by atoms with van der Waals surface area (Å²) in [5.41, 5.74) is 4.39. The summed E-state index contributed by atoms with van der Waals surface area (Å²) in [7, 11) is 0. The summed E-state index contributed by atoms with van der Waals surface area (Å²) in [6.45, 7) is 4.26. The summed E-state index contributed by atoms with van der Waals surface area (Å²) >= 11 is 3.48. The topological polar surface area (TPSA) is 53.6 Å². The van der Waals surface area contributed by atoms with Gasteiger partial charge in [0.05, 0.1) is 5.52 Å². The average Bonchev–Trinajstić information content (AvgIpc) is 3.01. The Balaban J connectivity index is 1.82. The fourth-order valence-corrected chi connectivity index (χ4v) is 3.33. The summed E-state index contributed by atoms with van der Waals surface area (Å²) in [5.74, 6) is 2.46. The summed E-state index contributed by atoms with van der Waals surface area (Å²) in [6.07, 6.45) is 0.974. The third kappa shape index (κ3) is 3.22. The Morgan fingerprint density at radius 2 is 1.81 bits per heavy atom. The van der Waals surface area contributed by atoms with Crippen LogP contribution in [0.1, 0.15) is 18.2 Å². The Kier molecular flexibility index (Phi) is 4.47. The van der Waals surface area contributed by atoms with Crippen LogP contribution in [0, 0.1) is 6.92 Å². The highest BCUT2D eigenvalue weighted by Gasteiger charge is 2.11. The lowest BCUT2D eigenvalue weighted by molar-refractivity contribution is 1.04. The number of anilines is 2. The summed E-state index contributed by atoms with van der Waals surface area (Å²) in [5, 5.41) is 4.45. The van der Waals surface area contributed by atoms with E-state index >= 15 is 0 Å². The van der Waals surface area contributed by atoms with E-state index < -0.39 is 0 Å².